The van der Waals surface area contributed by atoms with Gasteiger partial charge in [0.05, 0.1) is 18.2 Å². The minimum atomic E-state index is 0.0358. The average Bonchev–Trinajstić information content (AvgIpc) is 2.36. The Hall–Kier alpha value is -1.68. The van der Waals surface area contributed by atoms with Gasteiger partial charge in [-0.2, -0.15) is 0 Å². The summed E-state index contributed by atoms with van der Waals surface area (Å²) in [5.74, 6) is 0.791. The number of aryl methyl sites for hydroxylation is 1. The molecule has 0 spiro atoms. The predicted octanol–water partition coefficient (Wildman–Crippen LogP) is 2.12. The first-order chi connectivity index (χ1) is 8.24. The van der Waals surface area contributed by atoms with E-state index >= 15 is 0 Å². The lowest BCUT2D eigenvalue weighted by atomic mass is 10.1. The number of hydrogen-bond acceptors (Lipinski definition) is 4. The fraction of sp³-hybridized carbons (Fsp3) is 0.385. The van der Waals surface area contributed by atoms with Crippen LogP contribution in [0.25, 0.3) is 10.9 Å². The van der Waals surface area contributed by atoms with E-state index in [2.05, 4.69) is 21.4 Å². The molecule has 1 aromatic carbocycles. The van der Waals surface area contributed by atoms with Crippen LogP contribution in [0.2, 0.25) is 0 Å². The molecule has 2 aromatic rings. The number of rotatable bonds is 4. The van der Waals surface area contributed by atoms with Gasteiger partial charge in [-0.25, -0.2) is 9.97 Å². The van der Waals surface area contributed by atoms with Gasteiger partial charge in [-0.1, -0.05) is 18.6 Å². The number of nitrogens with one attached hydrogen (secondary N) is 1. The van der Waals surface area contributed by atoms with E-state index in [9.17, 15) is 5.11 Å². The number of hydrogen-bond donors (Lipinski definition) is 2. The summed E-state index contributed by atoms with van der Waals surface area (Å²) in [5, 5.41) is 13.5. The normalized spacial score (nSPS) is 12.6. The number of aliphatic hydroxyl groups excluding tert-OH is 1. The second-order valence-electron chi connectivity index (χ2n) is 4.17. The van der Waals surface area contributed by atoms with E-state index in [0.29, 0.717) is 0 Å². The SMILES string of the molecule is CC[C@H](CO)Nc1ncnc2ccc(C)cc12. The van der Waals surface area contributed by atoms with Gasteiger partial charge in [-0.15, -0.1) is 0 Å². The molecule has 17 heavy (non-hydrogen) atoms. The molecule has 0 aliphatic carbocycles. The highest BCUT2D eigenvalue weighted by Gasteiger charge is 2.08. The Kier molecular flexibility index (Phi) is 3.54. The number of nitrogens with zero attached hydrogens (tertiary/aromatic N) is 2. The molecule has 1 atom stereocenters. The molecule has 4 heteroatoms. The van der Waals surface area contributed by atoms with Crippen molar-refractivity contribution in [1.82, 2.24) is 9.97 Å². The van der Waals surface area contributed by atoms with E-state index in [4.69, 9.17) is 0 Å². The van der Waals surface area contributed by atoms with Gasteiger partial charge in [-0.05, 0) is 25.5 Å². The Balaban J connectivity index is 2.42. The standard InChI is InChI=1S/C13H17N3O/c1-3-10(7-17)16-13-11-6-9(2)4-5-12(11)14-8-15-13/h4-6,8,10,17H,3,7H2,1-2H3,(H,14,15,16)/t10-/m1/s1. The molecular weight excluding hydrogens is 214 g/mol. The number of anilines is 1. The lowest BCUT2D eigenvalue weighted by molar-refractivity contribution is 0.271. The first-order valence-corrected chi connectivity index (χ1v) is 5.83. The van der Waals surface area contributed by atoms with Gasteiger partial charge in [0.25, 0.3) is 0 Å². The zero-order chi connectivity index (χ0) is 12.3. The van der Waals surface area contributed by atoms with Crippen molar-refractivity contribution in [3.05, 3.63) is 30.1 Å². The molecule has 0 amide bonds. The van der Waals surface area contributed by atoms with Crippen LogP contribution >= 0.6 is 0 Å². The van der Waals surface area contributed by atoms with Gasteiger partial charge >= 0.3 is 0 Å². The van der Waals surface area contributed by atoms with Gasteiger partial charge in [0.2, 0.25) is 0 Å². The Morgan fingerprint density at radius 3 is 2.88 bits per heavy atom. The summed E-state index contributed by atoms with van der Waals surface area (Å²) in [5.41, 5.74) is 2.09. The third-order valence-electron chi connectivity index (χ3n) is 2.84. The molecule has 0 fully saturated rings. The predicted molar refractivity (Wildman–Crippen MR) is 69.1 cm³/mol. The number of aromatic nitrogens is 2. The lowest BCUT2D eigenvalue weighted by Crippen LogP contribution is -2.23. The molecule has 0 bridgehead atoms. The van der Waals surface area contributed by atoms with Crippen molar-refractivity contribution in [1.29, 1.82) is 0 Å². The number of fused-ring (bicyclic) bond motifs is 1. The Bertz CT molecular complexity index is 509. The summed E-state index contributed by atoms with van der Waals surface area (Å²) in [7, 11) is 0. The lowest BCUT2D eigenvalue weighted by Gasteiger charge is -2.15. The van der Waals surface area contributed by atoms with Crippen molar-refractivity contribution in [3.8, 4) is 0 Å². The Morgan fingerprint density at radius 1 is 1.35 bits per heavy atom. The van der Waals surface area contributed by atoms with Gasteiger partial charge in [0, 0.05) is 5.39 Å². The van der Waals surface area contributed by atoms with E-state index in [1.165, 1.54) is 5.56 Å². The zero-order valence-electron chi connectivity index (χ0n) is 10.1. The maximum absolute atomic E-state index is 9.21. The first kappa shape index (κ1) is 11.8. The van der Waals surface area contributed by atoms with Crippen molar-refractivity contribution in [2.75, 3.05) is 11.9 Å². The molecule has 4 nitrogen and oxygen atoms in total. The minimum absolute atomic E-state index is 0.0358. The first-order valence-electron chi connectivity index (χ1n) is 5.83. The van der Waals surface area contributed by atoms with Crippen molar-refractivity contribution >= 4 is 16.7 Å². The van der Waals surface area contributed by atoms with Crippen LogP contribution in [-0.4, -0.2) is 27.7 Å². The van der Waals surface area contributed by atoms with Crippen LogP contribution in [0.1, 0.15) is 18.9 Å². The monoisotopic (exact) mass is 231 g/mol. The third kappa shape index (κ3) is 2.53. The topological polar surface area (TPSA) is 58.0 Å². The van der Waals surface area contributed by atoms with Crippen molar-refractivity contribution in [2.24, 2.45) is 0 Å². The van der Waals surface area contributed by atoms with Crippen LogP contribution in [-0.2, 0) is 0 Å². The summed E-state index contributed by atoms with van der Waals surface area (Å²) < 4.78 is 0. The Morgan fingerprint density at radius 2 is 2.18 bits per heavy atom. The highest BCUT2D eigenvalue weighted by molar-refractivity contribution is 5.89. The van der Waals surface area contributed by atoms with Crippen LogP contribution < -0.4 is 5.32 Å². The van der Waals surface area contributed by atoms with Crippen LogP contribution in [0.15, 0.2) is 24.5 Å². The van der Waals surface area contributed by atoms with E-state index in [-0.39, 0.29) is 12.6 Å². The third-order valence-corrected chi connectivity index (χ3v) is 2.84. The van der Waals surface area contributed by atoms with Crippen LogP contribution in [0.5, 0.6) is 0 Å². The molecule has 1 heterocycles. The van der Waals surface area contributed by atoms with E-state index in [1.54, 1.807) is 6.33 Å². The molecular formula is C13H17N3O. The molecule has 90 valence electrons. The second kappa shape index (κ2) is 5.10. The summed E-state index contributed by atoms with van der Waals surface area (Å²) in [6.45, 7) is 4.18. The molecule has 0 radical (unpaired) electrons. The number of benzene rings is 1. The molecule has 0 saturated heterocycles. The van der Waals surface area contributed by atoms with Crippen molar-refractivity contribution in [3.63, 3.8) is 0 Å². The highest BCUT2D eigenvalue weighted by Crippen LogP contribution is 2.21. The van der Waals surface area contributed by atoms with E-state index < -0.39 is 0 Å². The molecule has 0 saturated carbocycles. The fourth-order valence-corrected chi connectivity index (χ4v) is 1.76. The van der Waals surface area contributed by atoms with E-state index in [0.717, 1.165) is 23.1 Å². The summed E-state index contributed by atoms with van der Waals surface area (Å²) in [4.78, 5) is 8.48. The largest absolute Gasteiger partial charge is 0.394 e. The summed E-state index contributed by atoms with van der Waals surface area (Å²) in [6, 6.07) is 6.11. The van der Waals surface area contributed by atoms with Crippen LogP contribution in [0.4, 0.5) is 5.82 Å². The molecule has 0 aliphatic heterocycles. The fourth-order valence-electron chi connectivity index (χ4n) is 1.76. The van der Waals surface area contributed by atoms with Gasteiger partial charge in [-0.3, -0.25) is 0 Å². The molecule has 0 aliphatic rings. The van der Waals surface area contributed by atoms with Crippen LogP contribution in [0, 0.1) is 6.92 Å². The smallest absolute Gasteiger partial charge is 0.137 e. The zero-order valence-corrected chi connectivity index (χ0v) is 10.1. The average molecular weight is 231 g/mol. The van der Waals surface area contributed by atoms with Crippen LogP contribution in [0.3, 0.4) is 0 Å². The molecule has 2 rings (SSSR count). The quantitative estimate of drug-likeness (QED) is 0.846. The maximum Gasteiger partial charge on any atom is 0.137 e. The second-order valence-corrected chi connectivity index (χ2v) is 4.17. The van der Waals surface area contributed by atoms with E-state index in [1.807, 2.05) is 26.0 Å². The molecule has 1 aromatic heterocycles. The summed E-state index contributed by atoms with van der Waals surface area (Å²) >= 11 is 0. The summed E-state index contributed by atoms with van der Waals surface area (Å²) in [6.07, 6.45) is 2.40. The molecule has 2 N–H and O–H groups in total. The number of aliphatic hydroxyl groups is 1. The highest BCUT2D eigenvalue weighted by atomic mass is 16.3. The maximum atomic E-state index is 9.21. The Labute approximate surface area is 101 Å². The van der Waals surface area contributed by atoms with Crippen molar-refractivity contribution < 1.29 is 5.11 Å². The molecule has 0 unspecified atom stereocenters. The van der Waals surface area contributed by atoms with Crippen molar-refractivity contribution in [2.45, 2.75) is 26.3 Å². The van der Waals surface area contributed by atoms with Gasteiger partial charge in [0.1, 0.15) is 12.1 Å². The van der Waals surface area contributed by atoms with Gasteiger partial charge in [0.15, 0.2) is 0 Å². The van der Waals surface area contributed by atoms with Gasteiger partial charge < -0.3 is 10.4 Å². The minimum Gasteiger partial charge on any atom is -0.394 e.